The van der Waals surface area contributed by atoms with E-state index in [1.54, 1.807) is 6.92 Å². The summed E-state index contributed by atoms with van der Waals surface area (Å²) in [4.78, 5) is 22.9. The smallest absolute Gasteiger partial charge is 0.315 e. The number of hydrogen-bond acceptors (Lipinski definition) is 3. The van der Waals surface area contributed by atoms with E-state index < -0.39 is 11.9 Å². The summed E-state index contributed by atoms with van der Waals surface area (Å²) in [6.07, 6.45) is 0. The fourth-order valence-corrected chi connectivity index (χ4v) is 2.44. The lowest BCUT2D eigenvalue weighted by Gasteiger charge is -2.09. The molecule has 0 fully saturated rings. The molecule has 0 aliphatic heterocycles. The van der Waals surface area contributed by atoms with E-state index in [-0.39, 0.29) is 12.6 Å². The number of carbonyl (C=O) groups is 2. The average molecular weight is 321 g/mol. The van der Waals surface area contributed by atoms with Crippen molar-refractivity contribution >= 4 is 39.3 Å². The van der Waals surface area contributed by atoms with E-state index >= 15 is 0 Å². The molecule has 7 heteroatoms. The van der Waals surface area contributed by atoms with Crippen LogP contribution in [-0.4, -0.2) is 23.7 Å². The second-order valence-corrected chi connectivity index (χ2v) is 5.35. The SMILES string of the molecule is CC(CNC(=O)NCc1sccc1Br)C(=O)O. The van der Waals surface area contributed by atoms with Gasteiger partial charge in [-0.15, -0.1) is 11.3 Å². The van der Waals surface area contributed by atoms with E-state index in [0.717, 1.165) is 9.35 Å². The molecule has 0 radical (unpaired) electrons. The van der Waals surface area contributed by atoms with Crippen LogP contribution < -0.4 is 10.6 Å². The summed E-state index contributed by atoms with van der Waals surface area (Å²) in [5.41, 5.74) is 0. The molecule has 1 atom stereocenters. The molecule has 0 saturated carbocycles. The van der Waals surface area contributed by atoms with Gasteiger partial charge < -0.3 is 15.7 Å². The number of nitrogens with one attached hydrogen (secondary N) is 2. The largest absolute Gasteiger partial charge is 0.481 e. The molecule has 17 heavy (non-hydrogen) atoms. The number of rotatable bonds is 5. The minimum absolute atomic E-state index is 0.118. The molecular formula is C10H13BrN2O3S. The summed E-state index contributed by atoms with van der Waals surface area (Å²) >= 11 is 4.90. The highest BCUT2D eigenvalue weighted by Crippen LogP contribution is 2.21. The fraction of sp³-hybridized carbons (Fsp3) is 0.400. The lowest BCUT2D eigenvalue weighted by atomic mass is 10.2. The van der Waals surface area contributed by atoms with Gasteiger partial charge in [-0.2, -0.15) is 0 Å². The van der Waals surface area contributed by atoms with Gasteiger partial charge in [0.25, 0.3) is 0 Å². The number of aliphatic carboxylic acids is 1. The highest BCUT2D eigenvalue weighted by molar-refractivity contribution is 9.10. The van der Waals surface area contributed by atoms with E-state index in [0.29, 0.717) is 6.54 Å². The van der Waals surface area contributed by atoms with Gasteiger partial charge in [0, 0.05) is 15.9 Å². The number of urea groups is 1. The minimum atomic E-state index is -0.925. The second-order valence-electron chi connectivity index (χ2n) is 3.49. The van der Waals surface area contributed by atoms with Crippen molar-refractivity contribution in [2.45, 2.75) is 13.5 Å². The molecular weight excluding hydrogens is 308 g/mol. The maximum Gasteiger partial charge on any atom is 0.315 e. The van der Waals surface area contributed by atoms with Crippen molar-refractivity contribution in [1.82, 2.24) is 10.6 Å². The monoisotopic (exact) mass is 320 g/mol. The predicted octanol–water partition coefficient (Wildman–Crippen LogP) is 2.03. The first kappa shape index (κ1) is 14.0. The maximum atomic E-state index is 11.4. The van der Waals surface area contributed by atoms with Crippen LogP contribution in [0.2, 0.25) is 0 Å². The molecule has 0 aromatic carbocycles. The number of halogens is 1. The van der Waals surface area contributed by atoms with Crippen molar-refractivity contribution in [1.29, 1.82) is 0 Å². The molecule has 0 bridgehead atoms. The highest BCUT2D eigenvalue weighted by atomic mass is 79.9. The average Bonchev–Trinajstić information content (AvgIpc) is 2.68. The number of carboxylic acids is 1. The molecule has 0 aliphatic carbocycles. The second kappa shape index (κ2) is 6.61. The molecule has 1 aromatic rings. The van der Waals surface area contributed by atoms with Crippen LogP contribution in [0.15, 0.2) is 15.9 Å². The van der Waals surface area contributed by atoms with Crippen LogP contribution >= 0.6 is 27.3 Å². The van der Waals surface area contributed by atoms with Gasteiger partial charge in [0.2, 0.25) is 0 Å². The normalized spacial score (nSPS) is 11.9. The first-order valence-electron chi connectivity index (χ1n) is 4.97. The summed E-state index contributed by atoms with van der Waals surface area (Å²) < 4.78 is 0.960. The zero-order valence-corrected chi connectivity index (χ0v) is 11.6. The van der Waals surface area contributed by atoms with E-state index in [1.165, 1.54) is 11.3 Å². The van der Waals surface area contributed by atoms with Crippen LogP contribution in [0.3, 0.4) is 0 Å². The first-order valence-corrected chi connectivity index (χ1v) is 6.64. The van der Waals surface area contributed by atoms with Gasteiger partial charge in [-0.25, -0.2) is 4.79 Å². The van der Waals surface area contributed by atoms with Crippen molar-refractivity contribution in [2.24, 2.45) is 5.92 Å². The molecule has 0 spiro atoms. The summed E-state index contributed by atoms with van der Waals surface area (Å²) in [6, 6.07) is 1.55. The summed E-state index contributed by atoms with van der Waals surface area (Å²) in [7, 11) is 0. The number of hydrogen-bond donors (Lipinski definition) is 3. The van der Waals surface area contributed by atoms with E-state index in [9.17, 15) is 9.59 Å². The minimum Gasteiger partial charge on any atom is -0.481 e. The first-order chi connectivity index (χ1) is 8.00. The van der Waals surface area contributed by atoms with Crippen LogP contribution in [0.4, 0.5) is 4.79 Å². The van der Waals surface area contributed by atoms with Gasteiger partial charge in [0.1, 0.15) is 0 Å². The molecule has 5 nitrogen and oxygen atoms in total. The van der Waals surface area contributed by atoms with E-state index in [1.807, 2.05) is 11.4 Å². The van der Waals surface area contributed by atoms with Crippen LogP contribution in [-0.2, 0) is 11.3 Å². The van der Waals surface area contributed by atoms with Gasteiger partial charge in [-0.3, -0.25) is 4.79 Å². The van der Waals surface area contributed by atoms with Crippen molar-refractivity contribution in [3.63, 3.8) is 0 Å². The fourth-order valence-electron chi connectivity index (χ4n) is 1.01. The van der Waals surface area contributed by atoms with Gasteiger partial charge in [0.05, 0.1) is 12.5 Å². The number of carboxylic acid groups (broad SMARTS) is 1. The topological polar surface area (TPSA) is 78.4 Å². The number of amides is 2. The summed E-state index contributed by atoms with van der Waals surface area (Å²) in [5, 5.41) is 15.7. The molecule has 0 aliphatic rings. The molecule has 1 heterocycles. The zero-order valence-electron chi connectivity index (χ0n) is 9.20. The third-order valence-electron chi connectivity index (χ3n) is 2.09. The Kier molecular flexibility index (Phi) is 5.43. The zero-order chi connectivity index (χ0) is 12.8. The van der Waals surface area contributed by atoms with Crippen LogP contribution in [0.1, 0.15) is 11.8 Å². The van der Waals surface area contributed by atoms with Crippen LogP contribution in [0.5, 0.6) is 0 Å². The molecule has 2 amide bonds. The predicted molar refractivity (Wildman–Crippen MR) is 69.1 cm³/mol. The molecule has 94 valence electrons. The Hall–Kier alpha value is -1.08. The summed E-state index contributed by atoms with van der Waals surface area (Å²) in [6.45, 7) is 2.08. The van der Waals surface area contributed by atoms with Gasteiger partial charge in [-0.1, -0.05) is 6.92 Å². The molecule has 1 rings (SSSR count). The van der Waals surface area contributed by atoms with Crippen molar-refractivity contribution in [2.75, 3.05) is 6.54 Å². The third kappa shape index (κ3) is 4.74. The highest BCUT2D eigenvalue weighted by Gasteiger charge is 2.12. The van der Waals surface area contributed by atoms with E-state index in [4.69, 9.17) is 5.11 Å². The quantitative estimate of drug-likeness (QED) is 0.776. The van der Waals surface area contributed by atoms with Gasteiger partial charge >= 0.3 is 12.0 Å². The third-order valence-corrected chi connectivity index (χ3v) is 4.02. The maximum absolute atomic E-state index is 11.4. The van der Waals surface area contributed by atoms with Gasteiger partial charge in [0.15, 0.2) is 0 Å². The Morgan fingerprint density at radius 1 is 1.53 bits per heavy atom. The summed E-state index contributed by atoms with van der Waals surface area (Å²) in [5.74, 6) is -1.51. The van der Waals surface area contributed by atoms with Crippen LogP contribution in [0, 0.1) is 5.92 Å². The molecule has 1 unspecified atom stereocenters. The number of carbonyl (C=O) groups excluding carboxylic acids is 1. The Morgan fingerprint density at radius 3 is 2.76 bits per heavy atom. The molecule has 3 N–H and O–H groups in total. The molecule has 0 saturated heterocycles. The number of thiophene rings is 1. The van der Waals surface area contributed by atoms with E-state index in [2.05, 4.69) is 26.6 Å². The Labute approximate surface area is 111 Å². The van der Waals surface area contributed by atoms with Crippen LogP contribution in [0.25, 0.3) is 0 Å². The Morgan fingerprint density at radius 2 is 2.24 bits per heavy atom. The Balaban J connectivity index is 2.27. The van der Waals surface area contributed by atoms with Crippen molar-refractivity contribution in [3.8, 4) is 0 Å². The van der Waals surface area contributed by atoms with Crippen molar-refractivity contribution < 1.29 is 14.7 Å². The van der Waals surface area contributed by atoms with Gasteiger partial charge in [-0.05, 0) is 27.4 Å². The molecule has 1 aromatic heterocycles. The lowest BCUT2D eigenvalue weighted by Crippen LogP contribution is -2.38. The van der Waals surface area contributed by atoms with Crippen molar-refractivity contribution in [3.05, 3.63) is 20.8 Å². The lowest BCUT2D eigenvalue weighted by molar-refractivity contribution is -0.140. The standard InChI is InChI=1S/C10H13BrN2O3S/c1-6(9(14)15)4-12-10(16)13-5-8-7(11)2-3-17-8/h2-3,6H,4-5H2,1H3,(H,14,15)(H2,12,13,16). The Bertz CT molecular complexity index is 408.